The van der Waals surface area contributed by atoms with Gasteiger partial charge in [0, 0.05) is 35.3 Å². The van der Waals surface area contributed by atoms with Crippen LogP contribution in [-0.4, -0.2) is 62.5 Å². The van der Waals surface area contributed by atoms with Crippen LogP contribution in [0.3, 0.4) is 0 Å². The lowest BCUT2D eigenvalue weighted by Gasteiger charge is -2.16. The number of aliphatic hydroxyl groups excluding tert-OH is 2. The first-order chi connectivity index (χ1) is 22.1. The summed E-state index contributed by atoms with van der Waals surface area (Å²) in [5.41, 5.74) is 6.39. The largest absolute Gasteiger partial charge is 0.465 e. The zero-order valence-electron chi connectivity index (χ0n) is 26.2. The van der Waals surface area contributed by atoms with E-state index in [2.05, 4.69) is 9.97 Å². The van der Waals surface area contributed by atoms with Crippen molar-refractivity contribution < 1.29 is 33.7 Å². The summed E-state index contributed by atoms with van der Waals surface area (Å²) in [5, 5.41) is 22.2. The Hall–Kier alpha value is -4.54. The van der Waals surface area contributed by atoms with Crippen LogP contribution in [0.1, 0.15) is 76.8 Å². The predicted octanol–water partition coefficient (Wildman–Crippen LogP) is 5.94. The third-order valence-electron chi connectivity index (χ3n) is 7.92. The van der Waals surface area contributed by atoms with Gasteiger partial charge in [-0.25, -0.2) is 14.2 Å². The number of nitrogens with zero attached hydrogens (tertiary/aromatic N) is 3. The summed E-state index contributed by atoms with van der Waals surface area (Å²) in [6.07, 6.45) is 3.16. The van der Waals surface area contributed by atoms with Crippen LogP contribution in [-0.2, 0) is 14.3 Å². The van der Waals surface area contributed by atoms with E-state index in [9.17, 15) is 24.2 Å². The zero-order valence-corrected chi connectivity index (χ0v) is 26.2. The first-order valence-electron chi connectivity index (χ1n) is 15.5. The predicted molar refractivity (Wildman–Crippen MR) is 171 cm³/mol. The molecule has 0 aliphatic heterocycles. The Balaban J connectivity index is 1.15. The van der Waals surface area contributed by atoms with Crippen LogP contribution in [0.2, 0.25) is 0 Å². The van der Waals surface area contributed by atoms with Gasteiger partial charge in [0.15, 0.2) is 5.69 Å². The van der Waals surface area contributed by atoms with Crippen LogP contribution in [0.4, 0.5) is 4.39 Å². The number of halogens is 1. The van der Waals surface area contributed by atoms with Gasteiger partial charge in [0.25, 0.3) is 0 Å². The van der Waals surface area contributed by atoms with Gasteiger partial charge >= 0.3 is 11.9 Å². The smallest absolute Gasteiger partial charge is 0.358 e. The molecule has 2 atom stereocenters. The number of hydrogen-bond donors (Lipinski definition) is 2. The Morgan fingerprint density at radius 3 is 2.37 bits per heavy atom. The molecule has 1 fully saturated rings. The molecule has 9 nitrogen and oxygen atoms in total. The molecule has 0 spiro atoms. The van der Waals surface area contributed by atoms with Gasteiger partial charge < -0.3 is 19.7 Å². The Kier molecular flexibility index (Phi) is 10.5. The first-order valence-corrected chi connectivity index (χ1v) is 15.5. The fourth-order valence-corrected chi connectivity index (χ4v) is 5.30. The number of ether oxygens (including phenoxy) is 2. The van der Waals surface area contributed by atoms with E-state index in [0.717, 1.165) is 51.8 Å². The van der Waals surface area contributed by atoms with Crippen LogP contribution in [0, 0.1) is 26.6 Å². The van der Waals surface area contributed by atoms with Gasteiger partial charge in [0.05, 0.1) is 60.1 Å². The second kappa shape index (κ2) is 14.7. The van der Waals surface area contributed by atoms with E-state index < -0.39 is 24.1 Å². The number of pyridine rings is 1. The lowest BCUT2D eigenvalue weighted by Crippen LogP contribution is -2.21. The maximum atomic E-state index is 13.8. The van der Waals surface area contributed by atoms with E-state index in [1.54, 1.807) is 32.1 Å². The van der Waals surface area contributed by atoms with Gasteiger partial charge in [0.1, 0.15) is 5.82 Å². The molecular formula is C36H38FN3O6. The number of carbonyl (C=O) groups excluding carboxylic acids is 2. The van der Waals surface area contributed by atoms with Gasteiger partial charge in [-0.05, 0) is 57.4 Å². The molecule has 2 aromatic heterocycles. The molecule has 0 bridgehead atoms. The summed E-state index contributed by atoms with van der Waals surface area (Å²) in [6.45, 7) is 5.30. The van der Waals surface area contributed by atoms with Crippen LogP contribution < -0.4 is 0 Å². The maximum Gasteiger partial charge on any atom is 0.358 e. The zero-order chi connectivity index (χ0) is 32.8. The highest BCUT2D eigenvalue weighted by Gasteiger charge is 2.29. The standard InChI is InChI=1S/C36H38FN3O6/c1-21-22(2)39-34(23(3)38-21)36(44)46-18-6-17-45-32(43)20-28(42)19-27(41)15-16-30-33(24-11-13-26(37)14-12-24)29-7-4-5-8-31(29)40-35(30)25-9-10-25/h4-5,7-8,11-16,25,27-28,41-42H,6,9-10,17-20H2,1-3H3/b16-15+/t27-,28-/m1/s1. The van der Waals surface area contributed by atoms with Crippen molar-refractivity contribution in [3.8, 4) is 11.1 Å². The number of esters is 2. The molecule has 2 N–H and O–H groups in total. The fraction of sp³-hybridized carbons (Fsp3) is 0.361. The quantitative estimate of drug-likeness (QED) is 0.137. The Bertz CT molecular complexity index is 1750. The molecule has 1 aliphatic rings. The number of benzene rings is 2. The molecule has 1 saturated carbocycles. The minimum absolute atomic E-state index is 0.00391. The summed E-state index contributed by atoms with van der Waals surface area (Å²) in [5.74, 6) is -1.25. The molecule has 0 unspecified atom stereocenters. The molecule has 1 aliphatic carbocycles. The average molecular weight is 628 g/mol. The molecule has 0 saturated heterocycles. The van der Waals surface area contributed by atoms with E-state index >= 15 is 0 Å². The van der Waals surface area contributed by atoms with Crippen molar-refractivity contribution >= 4 is 28.9 Å². The number of aryl methyl sites for hydroxylation is 3. The van der Waals surface area contributed by atoms with Gasteiger partial charge in [-0.15, -0.1) is 0 Å². The molecule has 2 aromatic carbocycles. The van der Waals surface area contributed by atoms with Crippen molar-refractivity contribution in [3.05, 3.63) is 94.5 Å². The van der Waals surface area contributed by atoms with Crippen molar-refractivity contribution in [1.82, 2.24) is 15.0 Å². The molecular weight excluding hydrogens is 589 g/mol. The van der Waals surface area contributed by atoms with E-state index in [1.165, 1.54) is 12.1 Å². The highest BCUT2D eigenvalue weighted by atomic mass is 19.1. The van der Waals surface area contributed by atoms with Crippen LogP contribution >= 0.6 is 0 Å². The second-order valence-electron chi connectivity index (χ2n) is 11.6. The van der Waals surface area contributed by atoms with E-state index in [1.807, 2.05) is 37.3 Å². The number of aromatic nitrogens is 3. The fourth-order valence-electron chi connectivity index (χ4n) is 5.30. The molecule has 2 heterocycles. The molecule has 4 aromatic rings. The van der Waals surface area contributed by atoms with Crippen LogP contribution in [0.25, 0.3) is 28.1 Å². The van der Waals surface area contributed by atoms with Gasteiger partial charge in [-0.1, -0.05) is 42.5 Å². The highest BCUT2D eigenvalue weighted by molar-refractivity contribution is 5.99. The number of fused-ring (bicyclic) bond motifs is 1. The SMILES string of the molecule is Cc1nc(C)c(C(=O)OCCCOC(=O)C[C@H](O)C[C@H](O)/C=C/c2c(C3CC3)nc3ccccc3c2-c2ccc(F)cc2)nc1C. The molecule has 240 valence electrons. The van der Waals surface area contributed by atoms with Crippen molar-refractivity contribution in [2.45, 2.75) is 71.0 Å². The summed E-state index contributed by atoms with van der Waals surface area (Å²) in [6, 6.07) is 14.1. The second-order valence-corrected chi connectivity index (χ2v) is 11.6. The Morgan fingerprint density at radius 2 is 1.63 bits per heavy atom. The van der Waals surface area contributed by atoms with E-state index in [0.29, 0.717) is 17.3 Å². The minimum Gasteiger partial charge on any atom is -0.465 e. The molecule has 5 rings (SSSR count). The average Bonchev–Trinajstić information content (AvgIpc) is 3.87. The molecule has 46 heavy (non-hydrogen) atoms. The number of para-hydroxylation sites is 1. The Labute approximate surface area is 267 Å². The van der Waals surface area contributed by atoms with Crippen molar-refractivity contribution in [2.24, 2.45) is 0 Å². The monoisotopic (exact) mass is 627 g/mol. The lowest BCUT2D eigenvalue weighted by molar-refractivity contribution is -0.146. The van der Waals surface area contributed by atoms with Gasteiger partial charge in [-0.3, -0.25) is 14.8 Å². The number of aliphatic hydroxyl groups is 2. The lowest BCUT2D eigenvalue weighted by atomic mass is 9.92. The van der Waals surface area contributed by atoms with Gasteiger partial charge in [0.2, 0.25) is 0 Å². The van der Waals surface area contributed by atoms with Crippen molar-refractivity contribution in [3.63, 3.8) is 0 Å². The Morgan fingerprint density at radius 1 is 0.935 bits per heavy atom. The summed E-state index contributed by atoms with van der Waals surface area (Å²) in [7, 11) is 0. The first kappa shape index (κ1) is 32.8. The van der Waals surface area contributed by atoms with Crippen LogP contribution in [0.15, 0.2) is 54.6 Å². The highest BCUT2D eigenvalue weighted by Crippen LogP contribution is 2.45. The summed E-state index contributed by atoms with van der Waals surface area (Å²) < 4.78 is 24.2. The van der Waals surface area contributed by atoms with Crippen molar-refractivity contribution in [2.75, 3.05) is 13.2 Å². The summed E-state index contributed by atoms with van der Waals surface area (Å²) in [4.78, 5) is 38.1. The number of carbonyl (C=O) groups is 2. The maximum absolute atomic E-state index is 13.8. The minimum atomic E-state index is -1.13. The third kappa shape index (κ3) is 8.18. The van der Waals surface area contributed by atoms with E-state index in [-0.39, 0.29) is 44.0 Å². The molecule has 10 heteroatoms. The van der Waals surface area contributed by atoms with Crippen molar-refractivity contribution in [1.29, 1.82) is 0 Å². The number of hydrogen-bond acceptors (Lipinski definition) is 9. The molecule has 0 amide bonds. The van der Waals surface area contributed by atoms with Crippen LogP contribution in [0.5, 0.6) is 0 Å². The topological polar surface area (TPSA) is 132 Å². The van der Waals surface area contributed by atoms with Gasteiger partial charge in [-0.2, -0.15) is 0 Å². The third-order valence-corrected chi connectivity index (χ3v) is 7.92. The molecule has 0 radical (unpaired) electrons. The van der Waals surface area contributed by atoms with E-state index in [4.69, 9.17) is 14.5 Å². The number of rotatable bonds is 13. The normalized spacial score (nSPS) is 14.4. The summed E-state index contributed by atoms with van der Waals surface area (Å²) >= 11 is 0.